The zero-order valence-corrected chi connectivity index (χ0v) is 16.7. The molecule has 0 bridgehead atoms. The number of ether oxygens (including phenoxy) is 1. The maximum Gasteiger partial charge on any atom is 0.253 e. The Balaban J connectivity index is 1.32. The molecular weight excluding hydrogens is 370 g/mol. The van der Waals surface area contributed by atoms with Crippen LogP contribution in [0.5, 0.6) is 5.75 Å². The van der Waals surface area contributed by atoms with Crippen molar-refractivity contribution in [3.05, 3.63) is 71.2 Å². The van der Waals surface area contributed by atoms with Crippen LogP contribution in [0.25, 0.3) is 10.6 Å². The van der Waals surface area contributed by atoms with Crippen molar-refractivity contribution < 1.29 is 9.53 Å². The molecule has 3 aromatic rings. The fraction of sp³-hybridized carbons (Fsp3) is 0.273. The molecule has 6 heteroatoms. The van der Waals surface area contributed by atoms with Crippen molar-refractivity contribution in [1.82, 2.24) is 14.8 Å². The largest absolute Gasteiger partial charge is 0.497 e. The Labute approximate surface area is 169 Å². The maximum absolute atomic E-state index is 12.6. The van der Waals surface area contributed by atoms with Gasteiger partial charge in [0.1, 0.15) is 10.8 Å². The fourth-order valence-electron chi connectivity index (χ4n) is 3.35. The Morgan fingerprint density at radius 3 is 2.43 bits per heavy atom. The number of carbonyl (C=O) groups excluding carboxylic acids is 1. The standard InChI is InChI=1S/C22H23N3O2S/c1-27-20-9-7-17(8-10-20)21-23-19(16-28-21)15-24-11-13-25(14-12-24)22(26)18-5-3-2-4-6-18/h2-10,16H,11-15H2,1H3. The number of nitrogens with zero attached hydrogens (tertiary/aromatic N) is 3. The van der Waals surface area contributed by atoms with Crippen LogP contribution in [0.2, 0.25) is 0 Å². The molecule has 0 atom stereocenters. The summed E-state index contributed by atoms with van der Waals surface area (Å²) in [4.78, 5) is 21.6. The smallest absolute Gasteiger partial charge is 0.253 e. The first-order valence-corrected chi connectivity index (χ1v) is 10.3. The van der Waals surface area contributed by atoms with E-state index in [1.54, 1.807) is 18.4 Å². The van der Waals surface area contributed by atoms with Gasteiger partial charge >= 0.3 is 0 Å². The molecule has 0 N–H and O–H groups in total. The molecule has 0 unspecified atom stereocenters. The van der Waals surface area contributed by atoms with Crippen LogP contribution in [0.4, 0.5) is 0 Å². The first-order valence-electron chi connectivity index (χ1n) is 9.38. The summed E-state index contributed by atoms with van der Waals surface area (Å²) in [5.41, 5.74) is 2.95. The second-order valence-electron chi connectivity index (χ2n) is 6.81. The number of benzene rings is 2. The number of thiazole rings is 1. The first-order chi connectivity index (χ1) is 13.7. The summed E-state index contributed by atoms with van der Waals surface area (Å²) in [6.07, 6.45) is 0. The van der Waals surface area contributed by atoms with Crippen molar-refractivity contribution >= 4 is 17.2 Å². The maximum atomic E-state index is 12.6. The van der Waals surface area contributed by atoms with Crippen LogP contribution in [0.1, 0.15) is 16.1 Å². The molecule has 2 heterocycles. The molecule has 0 saturated carbocycles. The van der Waals surface area contributed by atoms with Crippen molar-refractivity contribution in [2.75, 3.05) is 33.3 Å². The number of hydrogen-bond donors (Lipinski definition) is 0. The van der Waals surface area contributed by atoms with E-state index < -0.39 is 0 Å². The van der Waals surface area contributed by atoms with E-state index in [-0.39, 0.29) is 5.91 Å². The van der Waals surface area contributed by atoms with Crippen molar-refractivity contribution in [3.63, 3.8) is 0 Å². The number of rotatable bonds is 5. The van der Waals surface area contributed by atoms with Crippen molar-refractivity contribution in [2.45, 2.75) is 6.54 Å². The van der Waals surface area contributed by atoms with E-state index in [9.17, 15) is 4.79 Å². The highest BCUT2D eigenvalue weighted by Gasteiger charge is 2.22. The number of carbonyl (C=O) groups is 1. The Hall–Kier alpha value is -2.70. The molecule has 2 aromatic carbocycles. The lowest BCUT2D eigenvalue weighted by Crippen LogP contribution is -2.48. The molecule has 1 fully saturated rings. The van der Waals surface area contributed by atoms with Crippen molar-refractivity contribution in [1.29, 1.82) is 0 Å². The Kier molecular flexibility index (Phi) is 5.69. The minimum Gasteiger partial charge on any atom is -0.497 e. The van der Waals surface area contributed by atoms with E-state index in [0.717, 1.165) is 60.3 Å². The van der Waals surface area contributed by atoms with Gasteiger partial charge in [-0.05, 0) is 36.4 Å². The second-order valence-corrected chi connectivity index (χ2v) is 7.66. The SMILES string of the molecule is COc1ccc(-c2nc(CN3CCN(C(=O)c4ccccc4)CC3)cs2)cc1. The van der Waals surface area contributed by atoms with E-state index in [0.29, 0.717) is 0 Å². The third kappa shape index (κ3) is 4.24. The lowest BCUT2D eigenvalue weighted by atomic mass is 10.2. The molecule has 0 spiro atoms. The Morgan fingerprint density at radius 1 is 1.04 bits per heavy atom. The molecule has 1 aromatic heterocycles. The Bertz CT molecular complexity index is 916. The number of hydrogen-bond acceptors (Lipinski definition) is 5. The van der Waals surface area contributed by atoms with Crippen LogP contribution >= 0.6 is 11.3 Å². The predicted molar refractivity (Wildman–Crippen MR) is 112 cm³/mol. The van der Waals surface area contributed by atoms with Crippen LogP contribution < -0.4 is 4.74 Å². The Morgan fingerprint density at radius 2 is 1.75 bits per heavy atom. The second kappa shape index (κ2) is 8.54. The molecule has 1 saturated heterocycles. The van der Waals surface area contributed by atoms with Gasteiger partial charge in [0.25, 0.3) is 5.91 Å². The molecule has 4 rings (SSSR count). The monoisotopic (exact) mass is 393 g/mol. The number of amides is 1. The van der Waals surface area contributed by atoms with E-state index in [1.165, 1.54) is 0 Å². The molecule has 144 valence electrons. The lowest BCUT2D eigenvalue weighted by molar-refractivity contribution is 0.0627. The third-order valence-electron chi connectivity index (χ3n) is 4.95. The molecule has 1 aliphatic heterocycles. The van der Waals surface area contributed by atoms with Crippen LogP contribution in [0.3, 0.4) is 0 Å². The molecular formula is C22H23N3O2S. The topological polar surface area (TPSA) is 45.7 Å². The van der Waals surface area contributed by atoms with Crippen LogP contribution in [0, 0.1) is 0 Å². The summed E-state index contributed by atoms with van der Waals surface area (Å²) in [6, 6.07) is 17.5. The van der Waals surface area contributed by atoms with E-state index in [1.807, 2.05) is 59.5 Å². The first kappa shape index (κ1) is 18.7. The van der Waals surface area contributed by atoms with Gasteiger partial charge in [-0.3, -0.25) is 9.69 Å². The fourth-order valence-corrected chi connectivity index (χ4v) is 4.16. The zero-order chi connectivity index (χ0) is 19.3. The summed E-state index contributed by atoms with van der Waals surface area (Å²) >= 11 is 1.66. The van der Waals surface area contributed by atoms with Crippen LogP contribution in [-0.2, 0) is 6.54 Å². The highest BCUT2D eigenvalue weighted by molar-refractivity contribution is 7.13. The van der Waals surface area contributed by atoms with Gasteiger partial charge < -0.3 is 9.64 Å². The van der Waals surface area contributed by atoms with Gasteiger partial charge in [0, 0.05) is 49.2 Å². The number of piperazine rings is 1. The van der Waals surface area contributed by atoms with Gasteiger partial charge in [-0.25, -0.2) is 4.98 Å². The predicted octanol–water partition coefficient (Wildman–Crippen LogP) is 3.78. The molecule has 5 nitrogen and oxygen atoms in total. The number of methoxy groups -OCH3 is 1. The summed E-state index contributed by atoms with van der Waals surface area (Å²) in [7, 11) is 1.67. The minimum atomic E-state index is 0.121. The van der Waals surface area contributed by atoms with Gasteiger partial charge in [0.05, 0.1) is 12.8 Å². The molecule has 1 aliphatic rings. The molecule has 1 amide bonds. The lowest BCUT2D eigenvalue weighted by Gasteiger charge is -2.34. The molecule has 28 heavy (non-hydrogen) atoms. The van der Waals surface area contributed by atoms with Gasteiger partial charge in [-0.15, -0.1) is 11.3 Å². The number of aromatic nitrogens is 1. The minimum absolute atomic E-state index is 0.121. The summed E-state index contributed by atoms with van der Waals surface area (Å²) in [6.45, 7) is 4.06. The van der Waals surface area contributed by atoms with Crippen LogP contribution in [-0.4, -0.2) is 54.0 Å². The molecule has 0 aliphatic carbocycles. The van der Waals surface area contributed by atoms with Gasteiger partial charge in [0.15, 0.2) is 0 Å². The average molecular weight is 394 g/mol. The zero-order valence-electron chi connectivity index (χ0n) is 15.9. The molecule has 0 radical (unpaired) electrons. The third-order valence-corrected chi connectivity index (χ3v) is 5.89. The van der Waals surface area contributed by atoms with E-state index in [2.05, 4.69) is 10.3 Å². The summed E-state index contributed by atoms with van der Waals surface area (Å²) in [5.74, 6) is 0.971. The van der Waals surface area contributed by atoms with Crippen molar-refractivity contribution in [3.8, 4) is 16.3 Å². The quantitative estimate of drug-likeness (QED) is 0.662. The normalized spacial score (nSPS) is 14.8. The van der Waals surface area contributed by atoms with Gasteiger partial charge in [-0.1, -0.05) is 18.2 Å². The van der Waals surface area contributed by atoms with E-state index in [4.69, 9.17) is 9.72 Å². The van der Waals surface area contributed by atoms with Gasteiger partial charge in [0.2, 0.25) is 0 Å². The van der Waals surface area contributed by atoms with Crippen LogP contribution in [0.15, 0.2) is 60.0 Å². The summed E-state index contributed by atoms with van der Waals surface area (Å²) < 4.78 is 5.21. The highest BCUT2D eigenvalue weighted by Crippen LogP contribution is 2.26. The van der Waals surface area contributed by atoms with Gasteiger partial charge in [-0.2, -0.15) is 0 Å². The van der Waals surface area contributed by atoms with E-state index >= 15 is 0 Å². The summed E-state index contributed by atoms with van der Waals surface area (Å²) in [5, 5.41) is 3.15. The van der Waals surface area contributed by atoms with Crippen molar-refractivity contribution in [2.24, 2.45) is 0 Å². The average Bonchev–Trinajstić information content (AvgIpc) is 3.23. The highest BCUT2D eigenvalue weighted by atomic mass is 32.1.